The summed E-state index contributed by atoms with van der Waals surface area (Å²) in [6.07, 6.45) is 0. The Morgan fingerprint density at radius 1 is 1.45 bits per heavy atom. The molecule has 110 valence electrons. The highest BCUT2D eigenvalue weighted by atomic mass is 35.5. The average molecular weight is 322 g/mol. The van der Waals surface area contributed by atoms with Crippen LogP contribution >= 0.6 is 11.6 Å². The Morgan fingerprint density at radius 2 is 2.10 bits per heavy atom. The molecule has 0 bridgehead atoms. The maximum absolute atomic E-state index is 13.7. The number of nitrogens with zero attached hydrogens (tertiary/aromatic N) is 1. The number of sulfonamides is 1. The lowest BCUT2D eigenvalue weighted by Gasteiger charge is -2.16. The van der Waals surface area contributed by atoms with Crippen LogP contribution in [0.2, 0.25) is 5.02 Å². The van der Waals surface area contributed by atoms with Crippen molar-refractivity contribution in [3.05, 3.63) is 29.0 Å². The van der Waals surface area contributed by atoms with Gasteiger partial charge in [0.15, 0.2) is 0 Å². The first-order valence-corrected chi connectivity index (χ1v) is 7.73. The van der Waals surface area contributed by atoms with Crippen LogP contribution in [0, 0.1) is 17.7 Å². The van der Waals surface area contributed by atoms with E-state index >= 15 is 0 Å². The van der Waals surface area contributed by atoms with Gasteiger partial charge in [-0.05, 0) is 24.1 Å². The van der Waals surface area contributed by atoms with Gasteiger partial charge >= 0.3 is 5.97 Å². The summed E-state index contributed by atoms with van der Waals surface area (Å²) in [5.74, 6) is -3.09. The lowest BCUT2D eigenvalue weighted by atomic mass is 9.99. The SMILES string of the molecule is CC1CN(S(=O)(=O)c2ccc(Cl)cc2F)CC1C(=O)O. The Morgan fingerprint density at radius 3 is 2.60 bits per heavy atom. The van der Waals surface area contributed by atoms with Crippen LogP contribution in [-0.4, -0.2) is 36.9 Å². The fraction of sp³-hybridized carbons (Fsp3) is 0.417. The molecule has 2 atom stereocenters. The lowest BCUT2D eigenvalue weighted by Crippen LogP contribution is -2.30. The quantitative estimate of drug-likeness (QED) is 0.921. The number of carboxylic acids is 1. The molecule has 8 heteroatoms. The summed E-state index contributed by atoms with van der Waals surface area (Å²) in [5, 5.41) is 9.11. The van der Waals surface area contributed by atoms with Crippen molar-refractivity contribution in [2.75, 3.05) is 13.1 Å². The molecule has 1 aliphatic rings. The van der Waals surface area contributed by atoms with Crippen molar-refractivity contribution in [3.8, 4) is 0 Å². The van der Waals surface area contributed by atoms with Crippen molar-refractivity contribution in [2.45, 2.75) is 11.8 Å². The third-order valence-corrected chi connectivity index (χ3v) is 5.51. The predicted molar refractivity (Wildman–Crippen MR) is 70.5 cm³/mol. The van der Waals surface area contributed by atoms with Crippen LogP contribution in [0.5, 0.6) is 0 Å². The van der Waals surface area contributed by atoms with Gasteiger partial charge in [-0.3, -0.25) is 4.79 Å². The van der Waals surface area contributed by atoms with E-state index in [1.165, 1.54) is 6.07 Å². The minimum atomic E-state index is -4.05. The zero-order chi connectivity index (χ0) is 15.1. The van der Waals surface area contributed by atoms with Crippen molar-refractivity contribution < 1.29 is 22.7 Å². The highest BCUT2D eigenvalue weighted by Crippen LogP contribution is 2.30. The average Bonchev–Trinajstić information content (AvgIpc) is 2.71. The molecular formula is C12H13ClFNO4S. The summed E-state index contributed by atoms with van der Waals surface area (Å²) < 4.78 is 39.4. The fourth-order valence-corrected chi connectivity index (χ4v) is 4.03. The summed E-state index contributed by atoms with van der Waals surface area (Å²) in [4.78, 5) is 10.5. The van der Waals surface area contributed by atoms with Crippen LogP contribution < -0.4 is 0 Å². The van der Waals surface area contributed by atoms with Gasteiger partial charge in [-0.25, -0.2) is 12.8 Å². The highest BCUT2D eigenvalue weighted by Gasteiger charge is 2.41. The normalized spacial score (nSPS) is 23.9. The minimum Gasteiger partial charge on any atom is -0.481 e. The van der Waals surface area contributed by atoms with Crippen LogP contribution in [0.4, 0.5) is 4.39 Å². The molecular weight excluding hydrogens is 309 g/mol. The first-order chi connectivity index (χ1) is 9.23. The van der Waals surface area contributed by atoms with E-state index in [1.807, 2.05) is 0 Å². The molecule has 5 nitrogen and oxygen atoms in total. The second-order valence-electron chi connectivity index (χ2n) is 4.82. The molecule has 0 spiro atoms. The number of benzene rings is 1. The number of carbonyl (C=O) groups is 1. The largest absolute Gasteiger partial charge is 0.481 e. The third kappa shape index (κ3) is 2.65. The van der Waals surface area contributed by atoms with Gasteiger partial charge in [-0.2, -0.15) is 4.31 Å². The Balaban J connectivity index is 2.35. The van der Waals surface area contributed by atoms with E-state index in [9.17, 15) is 17.6 Å². The second kappa shape index (κ2) is 5.31. The van der Waals surface area contributed by atoms with Crippen molar-refractivity contribution in [2.24, 2.45) is 11.8 Å². The molecule has 2 rings (SSSR count). The van der Waals surface area contributed by atoms with E-state index in [0.29, 0.717) is 0 Å². The number of carboxylic acid groups (broad SMARTS) is 1. The molecule has 20 heavy (non-hydrogen) atoms. The van der Waals surface area contributed by atoms with Gasteiger partial charge in [-0.15, -0.1) is 0 Å². The second-order valence-corrected chi connectivity index (χ2v) is 7.16. The maximum atomic E-state index is 13.7. The molecule has 0 aliphatic carbocycles. The lowest BCUT2D eigenvalue weighted by molar-refractivity contribution is -0.142. The Kier molecular flexibility index (Phi) is 4.04. The Hall–Kier alpha value is -1.18. The number of aliphatic carboxylic acids is 1. The molecule has 1 N–H and O–H groups in total. The fourth-order valence-electron chi connectivity index (χ4n) is 2.26. The molecule has 0 aromatic heterocycles. The van der Waals surface area contributed by atoms with Crippen LogP contribution in [0.25, 0.3) is 0 Å². The van der Waals surface area contributed by atoms with E-state index < -0.39 is 32.6 Å². The van der Waals surface area contributed by atoms with Crippen molar-refractivity contribution in [1.82, 2.24) is 4.31 Å². The first kappa shape index (κ1) is 15.2. The summed E-state index contributed by atoms with van der Waals surface area (Å²) in [6.45, 7) is 1.56. The third-order valence-electron chi connectivity index (χ3n) is 3.41. The van der Waals surface area contributed by atoms with Gasteiger partial charge in [-0.1, -0.05) is 18.5 Å². The van der Waals surface area contributed by atoms with Crippen LogP contribution in [0.3, 0.4) is 0 Å². The molecule has 1 aliphatic heterocycles. The number of hydrogen-bond donors (Lipinski definition) is 1. The number of halogens is 2. The van der Waals surface area contributed by atoms with Crippen molar-refractivity contribution >= 4 is 27.6 Å². The smallest absolute Gasteiger partial charge is 0.308 e. The van der Waals surface area contributed by atoms with Crippen LogP contribution in [-0.2, 0) is 14.8 Å². The molecule has 1 heterocycles. The van der Waals surface area contributed by atoms with Gasteiger partial charge in [0.25, 0.3) is 0 Å². The zero-order valence-corrected chi connectivity index (χ0v) is 12.2. The summed E-state index contributed by atoms with van der Waals surface area (Å²) in [5.41, 5.74) is 0. The van der Waals surface area contributed by atoms with Gasteiger partial charge in [0, 0.05) is 18.1 Å². The maximum Gasteiger partial charge on any atom is 0.308 e. The molecule has 0 radical (unpaired) electrons. The van der Waals surface area contributed by atoms with Gasteiger partial charge in [0.2, 0.25) is 10.0 Å². The van der Waals surface area contributed by atoms with Crippen molar-refractivity contribution in [3.63, 3.8) is 0 Å². The van der Waals surface area contributed by atoms with Gasteiger partial charge in [0.1, 0.15) is 10.7 Å². The molecule has 0 amide bonds. The number of rotatable bonds is 3. The highest BCUT2D eigenvalue weighted by molar-refractivity contribution is 7.89. The van der Waals surface area contributed by atoms with Crippen LogP contribution in [0.1, 0.15) is 6.92 Å². The van der Waals surface area contributed by atoms with E-state index in [1.54, 1.807) is 6.92 Å². The van der Waals surface area contributed by atoms with E-state index in [4.69, 9.17) is 16.7 Å². The molecule has 1 aromatic rings. The molecule has 1 fully saturated rings. The Bertz CT molecular complexity index is 649. The standard InChI is InChI=1S/C12H13ClFNO4S/c1-7-5-15(6-9(7)12(16)17)20(18,19)11-3-2-8(13)4-10(11)14/h2-4,7,9H,5-6H2,1H3,(H,16,17). The summed E-state index contributed by atoms with van der Waals surface area (Å²) >= 11 is 5.59. The number of hydrogen-bond acceptors (Lipinski definition) is 3. The van der Waals surface area contributed by atoms with E-state index in [0.717, 1.165) is 16.4 Å². The minimum absolute atomic E-state index is 0.0569. The Labute approximate surface area is 121 Å². The molecule has 1 saturated heterocycles. The predicted octanol–water partition coefficient (Wildman–Crippen LogP) is 1.82. The summed E-state index contributed by atoms with van der Waals surface area (Å²) in [6, 6.07) is 3.29. The zero-order valence-electron chi connectivity index (χ0n) is 10.6. The van der Waals surface area contributed by atoms with E-state index in [2.05, 4.69) is 0 Å². The molecule has 2 unspecified atom stereocenters. The summed E-state index contributed by atoms with van der Waals surface area (Å²) in [7, 11) is -4.05. The topological polar surface area (TPSA) is 74.7 Å². The molecule has 0 saturated carbocycles. The van der Waals surface area contributed by atoms with Gasteiger partial charge in [0.05, 0.1) is 5.92 Å². The van der Waals surface area contributed by atoms with E-state index in [-0.39, 0.29) is 24.0 Å². The monoisotopic (exact) mass is 321 g/mol. The van der Waals surface area contributed by atoms with Crippen LogP contribution in [0.15, 0.2) is 23.1 Å². The van der Waals surface area contributed by atoms with Gasteiger partial charge < -0.3 is 5.11 Å². The first-order valence-electron chi connectivity index (χ1n) is 5.91. The van der Waals surface area contributed by atoms with Crippen molar-refractivity contribution in [1.29, 1.82) is 0 Å². The molecule has 1 aromatic carbocycles.